The Labute approximate surface area is 249 Å². The van der Waals surface area contributed by atoms with Crippen molar-refractivity contribution < 1.29 is 26.8 Å². The van der Waals surface area contributed by atoms with Gasteiger partial charge in [-0.3, -0.25) is 4.57 Å². The third-order valence-corrected chi connectivity index (χ3v) is 23.2. The Morgan fingerprint density at radius 2 is 1.39 bits per heavy atom. The molecule has 0 aromatic carbocycles. The molecule has 0 aliphatic carbocycles. The van der Waals surface area contributed by atoms with Crippen molar-refractivity contribution in [1.82, 2.24) is 9.55 Å². The van der Waals surface area contributed by atoms with Crippen LogP contribution in [0.1, 0.15) is 68.5 Å². The van der Waals surface area contributed by atoms with Crippen LogP contribution < -0.4 is 11.4 Å². The molecule has 1 aromatic rings. The number of alkyl halides is 2. The second kappa shape index (κ2) is 11.5. The van der Waals surface area contributed by atoms with Crippen molar-refractivity contribution in [2.75, 3.05) is 12.3 Å². The first-order chi connectivity index (χ1) is 18.1. The van der Waals surface area contributed by atoms with Crippen LogP contribution in [0, 0.1) is 0 Å². The molecular weight excluding hydrogens is 581 g/mol. The van der Waals surface area contributed by atoms with Crippen molar-refractivity contribution in [3.8, 4) is 0 Å². The van der Waals surface area contributed by atoms with Gasteiger partial charge in [0.25, 0.3) is 6.43 Å². The van der Waals surface area contributed by atoms with E-state index in [4.69, 9.17) is 23.7 Å². The van der Waals surface area contributed by atoms with Crippen LogP contribution in [0.5, 0.6) is 0 Å². The van der Waals surface area contributed by atoms with Crippen molar-refractivity contribution in [3.05, 3.63) is 22.7 Å². The Morgan fingerprint density at radius 1 is 0.927 bits per heavy atom. The normalized spacial score (nSPS) is 25.3. The largest absolute Gasteiger partial charge is 0.414 e. The summed E-state index contributed by atoms with van der Waals surface area (Å²) in [5, 5.41) is -0.767. The fourth-order valence-electron chi connectivity index (χ4n) is 3.78. The molecule has 0 amide bonds. The van der Waals surface area contributed by atoms with Crippen LogP contribution in [0.3, 0.4) is 0 Å². The van der Waals surface area contributed by atoms with Gasteiger partial charge in [-0.15, -0.1) is 0 Å². The highest BCUT2D eigenvalue weighted by molar-refractivity contribution is 6.75. The van der Waals surface area contributed by atoms with Gasteiger partial charge in [-0.2, -0.15) is 4.98 Å². The number of aromatic nitrogens is 2. The average Bonchev–Trinajstić information content (AvgIpc) is 3.03. The quantitative estimate of drug-likeness (QED) is 0.288. The van der Waals surface area contributed by atoms with E-state index in [-0.39, 0.29) is 20.9 Å². The number of nitrogen functional groups attached to an aromatic ring is 1. The number of ether oxygens (including phenoxy) is 1. The summed E-state index contributed by atoms with van der Waals surface area (Å²) in [5.41, 5.74) is 2.87. The van der Waals surface area contributed by atoms with E-state index in [1.54, 1.807) is 0 Å². The second-order valence-corrected chi connectivity index (χ2v) is 30.3. The maximum atomic E-state index is 15.7. The van der Waals surface area contributed by atoms with Crippen LogP contribution >= 0.6 is 0 Å². The minimum atomic E-state index is -2.99. The molecule has 4 atom stereocenters. The molecule has 0 radical (unpaired) electrons. The number of nitrogens with zero attached hydrogens (tertiary/aromatic N) is 2. The van der Waals surface area contributed by atoms with Gasteiger partial charge in [-0.1, -0.05) is 62.3 Å². The maximum Gasteiger partial charge on any atom is 0.351 e. The molecule has 1 aliphatic heterocycles. The molecule has 1 fully saturated rings. The Morgan fingerprint density at radius 3 is 1.80 bits per heavy atom. The predicted molar refractivity (Wildman–Crippen MR) is 169 cm³/mol. The zero-order valence-electron chi connectivity index (χ0n) is 27.9. The molecule has 0 saturated carbocycles. The van der Waals surface area contributed by atoms with Gasteiger partial charge in [-0.25, -0.2) is 13.6 Å². The Hall–Kier alpha value is -0.969. The van der Waals surface area contributed by atoms with E-state index in [0.29, 0.717) is 0 Å². The molecule has 1 aliphatic rings. The van der Waals surface area contributed by atoms with Gasteiger partial charge in [0.2, 0.25) is 0 Å². The highest BCUT2D eigenvalue weighted by Crippen LogP contribution is 2.51. The molecule has 1 aromatic heterocycles. The van der Waals surface area contributed by atoms with E-state index in [2.05, 4.69) is 67.3 Å². The van der Waals surface area contributed by atoms with Gasteiger partial charge in [0, 0.05) is 6.20 Å². The summed E-state index contributed by atoms with van der Waals surface area (Å²) in [5.74, 6) is 0.0292. The van der Waals surface area contributed by atoms with Crippen LogP contribution in [0.25, 0.3) is 0 Å². The SMILES string of the molecule is CC(C)(C)[Si](C)(C)OC[C@@]1(C(F)F)O[C@@H](n2ccc(N)nc2=O)C(O[Si](C)(C)C(C)(C)C)C1O[Si](C)(C)C(C)(C)C. The molecule has 8 nitrogen and oxygen atoms in total. The molecule has 13 heteroatoms. The van der Waals surface area contributed by atoms with E-state index in [0.717, 1.165) is 0 Å². The first-order valence-electron chi connectivity index (χ1n) is 14.4. The zero-order chi connectivity index (χ0) is 32.2. The first kappa shape index (κ1) is 36.2. The van der Waals surface area contributed by atoms with Crippen molar-refractivity contribution in [3.63, 3.8) is 0 Å². The number of halogens is 2. The van der Waals surface area contributed by atoms with E-state index in [1.165, 1.54) is 16.8 Å². The molecule has 2 rings (SSSR count). The molecule has 2 heterocycles. The lowest BCUT2D eigenvalue weighted by Gasteiger charge is -2.46. The van der Waals surface area contributed by atoms with Crippen LogP contribution in [-0.4, -0.2) is 65.3 Å². The third kappa shape index (κ3) is 7.40. The molecule has 0 spiro atoms. The smallest absolute Gasteiger partial charge is 0.351 e. The molecule has 1 saturated heterocycles. The average molecular weight is 636 g/mol. The number of hydrogen-bond acceptors (Lipinski definition) is 7. The van der Waals surface area contributed by atoms with Crippen LogP contribution in [0.15, 0.2) is 17.1 Å². The summed E-state index contributed by atoms with van der Waals surface area (Å²) >= 11 is 0. The van der Waals surface area contributed by atoms with Gasteiger partial charge in [0.15, 0.2) is 36.8 Å². The fraction of sp³-hybridized carbons (Fsp3) is 0.857. The Kier molecular flexibility index (Phi) is 10.2. The maximum absolute atomic E-state index is 15.7. The van der Waals surface area contributed by atoms with E-state index < -0.39 is 67.7 Å². The lowest BCUT2D eigenvalue weighted by molar-refractivity contribution is -0.191. The van der Waals surface area contributed by atoms with Gasteiger partial charge in [0.05, 0.1) is 6.61 Å². The van der Waals surface area contributed by atoms with Gasteiger partial charge in [0.1, 0.15) is 18.0 Å². The van der Waals surface area contributed by atoms with Crippen molar-refractivity contribution in [1.29, 1.82) is 0 Å². The lowest BCUT2D eigenvalue weighted by Crippen LogP contribution is -2.61. The highest BCUT2D eigenvalue weighted by Gasteiger charge is 2.66. The number of anilines is 1. The summed E-state index contributed by atoms with van der Waals surface area (Å²) in [4.78, 5) is 17.0. The zero-order valence-corrected chi connectivity index (χ0v) is 30.9. The van der Waals surface area contributed by atoms with Crippen molar-refractivity contribution >= 4 is 30.8 Å². The minimum absolute atomic E-state index is 0.0292. The monoisotopic (exact) mass is 635 g/mol. The fourth-order valence-corrected chi connectivity index (χ4v) is 7.40. The Bertz CT molecular complexity index is 1130. The van der Waals surface area contributed by atoms with Crippen molar-refractivity contribution in [2.45, 2.75) is 147 Å². The number of rotatable bonds is 9. The third-order valence-electron chi connectivity index (χ3n) is 9.83. The van der Waals surface area contributed by atoms with E-state index in [1.807, 2.05) is 39.3 Å². The summed E-state index contributed by atoms with van der Waals surface area (Å²) < 4.78 is 59.2. The van der Waals surface area contributed by atoms with E-state index in [9.17, 15) is 4.79 Å². The van der Waals surface area contributed by atoms with E-state index >= 15 is 8.78 Å². The second-order valence-electron chi connectivity index (χ2n) is 16.0. The molecule has 238 valence electrons. The Balaban J connectivity index is 2.87. The van der Waals surface area contributed by atoms with Gasteiger partial charge in [-0.05, 0) is 60.5 Å². The topological polar surface area (TPSA) is 97.8 Å². The predicted octanol–water partition coefficient (Wildman–Crippen LogP) is 7.16. The van der Waals surface area contributed by atoms with Gasteiger partial charge < -0.3 is 23.7 Å². The molecule has 2 N–H and O–H groups in total. The first-order valence-corrected chi connectivity index (χ1v) is 23.1. The molecule has 2 unspecified atom stereocenters. The van der Waals surface area contributed by atoms with Gasteiger partial charge >= 0.3 is 5.69 Å². The van der Waals surface area contributed by atoms with Crippen LogP contribution in [0.4, 0.5) is 14.6 Å². The summed E-state index contributed by atoms with van der Waals surface area (Å²) in [6, 6.07) is 1.45. The van der Waals surface area contributed by atoms with Crippen LogP contribution in [-0.2, 0) is 18.0 Å². The van der Waals surface area contributed by atoms with Crippen molar-refractivity contribution in [2.24, 2.45) is 0 Å². The number of nitrogens with two attached hydrogens (primary N) is 1. The highest BCUT2D eigenvalue weighted by atomic mass is 28.4. The summed E-state index contributed by atoms with van der Waals surface area (Å²) in [7, 11) is -7.78. The molecule has 41 heavy (non-hydrogen) atoms. The summed E-state index contributed by atoms with van der Waals surface area (Å²) in [6.07, 6.45) is -5.02. The number of hydrogen-bond donors (Lipinski definition) is 1. The van der Waals surface area contributed by atoms with Crippen LogP contribution in [0.2, 0.25) is 54.4 Å². The standard InChI is InChI=1S/C28H55F2N3O5Si3/c1-25(2,3)39(10,11)35-18-28(23(29)30)21(38-41(14,15)27(7,8)9)20(37-40(12,13)26(4,5)6)22(36-28)33-17-16-19(31)32-24(33)34/h16-17,20-23H,18H2,1-15H3,(H2,31,32,34)/t20?,21?,22-,28-/m1/s1. The lowest BCUT2D eigenvalue weighted by atomic mass is 9.96. The minimum Gasteiger partial charge on any atom is -0.414 e. The summed E-state index contributed by atoms with van der Waals surface area (Å²) in [6.45, 7) is 30.3. The molecular formula is C28H55F2N3O5Si3. The molecule has 0 bridgehead atoms.